The third-order valence-corrected chi connectivity index (χ3v) is 7.96. The van der Waals surface area contributed by atoms with E-state index >= 15 is 0 Å². The Morgan fingerprint density at radius 2 is 1.45 bits per heavy atom. The van der Waals surface area contributed by atoms with Crippen LogP contribution in [0.25, 0.3) is 0 Å². The standard InChI is InChI=1S/C34H48N2O3S/c1-3-4-5-6-7-8-9-10-11-12-13-14-15-16-25-39-33-31(18-17-19-32(33)38-2)34(37)35-30-22-20-29(21-23-30)27-36-24-26-40-28-36/h17-24,26,28H,3-16,25,27H2,1-2H3/p+1. The maximum Gasteiger partial charge on any atom is 0.259 e. The normalized spacial score (nSPS) is 10.9. The van der Waals surface area contributed by atoms with Crippen molar-refractivity contribution in [3.63, 3.8) is 0 Å². The Morgan fingerprint density at radius 1 is 0.825 bits per heavy atom. The van der Waals surface area contributed by atoms with Gasteiger partial charge in [-0.25, -0.2) is 0 Å². The summed E-state index contributed by atoms with van der Waals surface area (Å²) >= 11 is 1.67. The molecule has 40 heavy (non-hydrogen) atoms. The first-order valence-electron chi connectivity index (χ1n) is 15.3. The minimum atomic E-state index is -0.199. The SMILES string of the molecule is CCCCCCCCCCCCCCCCOc1c(OC)cccc1C(=O)Nc1ccc(C[n+]2ccsc2)cc1. The highest BCUT2D eigenvalue weighted by atomic mass is 32.1. The first-order chi connectivity index (χ1) is 19.7. The maximum absolute atomic E-state index is 13.2. The van der Waals surface area contributed by atoms with Gasteiger partial charge < -0.3 is 14.8 Å². The highest BCUT2D eigenvalue weighted by molar-refractivity contribution is 7.07. The van der Waals surface area contributed by atoms with Crippen molar-refractivity contribution in [2.45, 2.75) is 103 Å². The van der Waals surface area contributed by atoms with Gasteiger partial charge in [0.15, 0.2) is 24.2 Å². The van der Waals surface area contributed by atoms with Gasteiger partial charge in [-0.3, -0.25) is 4.79 Å². The number of para-hydroxylation sites is 1. The van der Waals surface area contributed by atoms with E-state index in [1.165, 1.54) is 82.6 Å². The van der Waals surface area contributed by atoms with Gasteiger partial charge in [-0.2, -0.15) is 4.57 Å². The van der Waals surface area contributed by atoms with E-state index in [1.807, 2.05) is 36.4 Å². The van der Waals surface area contributed by atoms with E-state index in [-0.39, 0.29) is 5.91 Å². The van der Waals surface area contributed by atoms with Crippen molar-refractivity contribution in [3.8, 4) is 11.5 Å². The minimum absolute atomic E-state index is 0.199. The summed E-state index contributed by atoms with van der Waals surface area (Å²) < 4.78 is 13.8. The van der Waals surface area contributed by atoms with Gasteiger partial charge in [0.1, 0.15) is 0 Å². The maximum atomic E-state index is 13.2. The lowest BCUT2D eigenvalue weighted by molar-refractivity contribution is -0.683. The third kappa shape index (κ3) is 11.7. The summed E-state index contributed by atoms with van der Waals surface area (Å²) in [6.45, 7) is 3.66. The molecular formula is C34H49N2O3S+. The number of nitrogens with zero attached hydrogens (tertiary/aromatic N) is 1. The van der Waals surface area contributed by atoms with E-state index in [4.69, 9.17) is 9.47 Å². The molecular weight excluding hydrogens is 516 g/mol. The molecule has 0 fully saturated rings. The molecule has 0 unspecified atom stereocenters. The Morgan fingerprint density at radius 3 is 2.02 bits per heavy atom. The molecule has 0 atom stereocenters. The summed E-state index contributed by atoms with van der Waals surface area (Å²) in [5.74, 6) is 0.902. The van der Waals surface area contributed by atoms with Gasteiger partial charge in [-0.1, -0.05) is 120 Å². The molecule has 0 aliphatic carbocycles. The second-order valence-corrected chi connectivity index (χ2v) is 11.4. The van der Waals surface area contributed by atoms with Crippen molar-refractivity contribution in [3.05, 3.63) is 70.7 Å². The van der Waals surface area contributed by atoms with E-state index < -0.39 is 0 Å². The average Bonchev–Trinajstić information content (AvgIpc) is 3.49. The lowest BCUT2D eigenvalue weighted by atomic mass is 10.0. The Labute approximate surface area is 245 Å². The van der Waals surface area contributed by atoms with E-state index in [0.717, 1.165) is 25.1 Å². The van der Waals surface area contributed by atoms with Crippen LogP contribution in [0.4, 0.5) is 5.69 Å². The highest BCUT2D eigenvalue weighted by Gasteiger charge is 2.17. The molecule has 1 N–H and O–H groups in total. The molecule has 1 heterocycles. The van der Waals surface area contributed by atoms with Crippen LogP contribution in [0.3, 0.4) is 0 Å². The summed E-state index contributed by atoms with van der Waals surface area (Å²) in [6, 6.07) is 13.4. The number of benzene rings is 2. The van der Waals surface area contributed by atoms with Gasteiger partial charge in [0.25, 0.3) is 5.91 Å². The Kier molecular flexibility index (Phi) is 15.2. The van der Waals surface area contributed by atoms with Gasteiger partial charge >= 0.3 is 0 Å². The molecule has 2 aromatic carbocycles. The van der Waals surface area contributed by atoms with Gasteiger partial charge in [0.05, 0.1) is 24.7 Å². The predicted molar refractivity (Wildman–Crippen MR) is 167 cm³/mol. The number of hydrogen-bond acceptors (Lipinski definition) is 4. The lowest BCUT2D eigenvalue weighted by Gasteiger charge is -2.15. The fourth-order valence-corrected chi connectivity index (χ4v) is 5.53. The highest BCUT2D eigenvalue weighted by Crippen LogP contribution is 2.32. The minimum Gasteiger partial charge on any atom is -0.493 e. The van der Waals surface area contributed by atoms with E-state index in [2.05, 4.69) is 33.9 Å². The number of thiazole rings is 1. The van der Waals surface area contributed by atoms with Crippen molar-refractivity contribution < 1.29 is 18.8 Å². The van der Waals surface area contributed by atoms with Crippen LogP contribution >= 0.6 is 11.3 Å². The number of nitrogens with one attached hydrogen (secondary N) is 1. The Bertz CT molecular complexity index is 1080. The first-order valence-corrected chi connectivity index (χ1v) is 16.3. The zero-order valence-corrected chi connectivity index (χ0v) is 25.5. The van der Waals surface area contributed by atoms with Crippen molar-refractivity contribution in [1.82, 2.24) is 0 Å². The number of rotatable bonds is 21. The van der Waals surface area contributed by atoms with Crippen LogP contribution in [0.1, 0.15) is 113 Å². The monoisotopic (exact) mass is 565 g/mol. The summed E-state index contributed by atoms with van der Waals surface area (Å²) in [6.07, 6.45) is 20.6. The van der Waals surface area contributed by atoms with Crippen molar-refractivity contribution in [2.75, 3.05) is 19.0 Å². The summed E-state index contributed by atoms with van der Waals surface area (Å²) in [4.78, 5) is 13.2. The molecule has 0 aliphatic rings. The number of anilines is 1. The van der Waals surface area contributed by atoms with Gasteiger partial charge in [-0.15, -0.1) is 0 Å². The molecule has 0 saturated heterocycles. The third-order valence-electron chi connectivity index (χ3n) is 7.29. The Balaban J connectivity index is 1.35. The van der Waals surface area contributed by atoms with E-state index in [9.17, 15) is 4.79 Å². The van der Waals surface area contributed by atoms with Crippen LogP contribution in [0.5, 0.6) is 11.5 Å². The average molecular weight is 566 g/mol. The number of ether oxygens (including phenoxy) is 2. The van der Waals surface area contributed by atoms with Crippen LogP contribution in [-0.2, 0) is 6.54 Å². The van der Waals surface area contributed by atoms with Crippen molar-refractivity contribution in [2.24, 2.45) is 0 Å². The van der Waals surface area contributed by atoms with Crippen LogP contribution < -0.4 is 19.4 Å². The molecule has 0 saturated carbocycles. The molecule has 0 radical (unpaired) electrons. The number of carbonyl (C=O) groups is 1. The van der Waals surface area contributed by atoms with Crippen molar-refractivity contribution >= 4 is 22.9 Å². The lowest BCUT2D eigenvalue weighted by Crippen LogP contribution is -2.30. The molecule has 1 aromatic heterocycles. The molecule has 218 valence electrons. The number of carbonyl (C=O) groups excluding carboxylic acids is 1. The molecule has 3 rings (SSSR count). The fraction of sp³-hybridized carbons (Fsp3) is 0.529. The Hall–Kier alpha value is -2.86. The number of amides is 1. The molecule has 0 aliphatic heterocycles. The molecule has 3 aromatic rings. The van der Waals surface area contributed by atoms with Crippen LogP contribution in [0, 0.1) is 0 Å². The first kappa shape index (κ1) is 31.7. The van der Waals surface area contributed by atoms with E-state index in [1.54, 1.807) is 24.5 Å². The molecule has 0 spiro atoms. The number of hydrogen-bond donors (Lipinski definition) is 1. The van der Waals surface area contributed by atoms with Crippen LogP contribution in [0.2, 0.25) is 0 Å². The second kappa shape index (κ2) is 19.3. The number of aromatic nitrogens is 1. The second-order valence-electron chi connectivity index (χ2n) is 10.6. The number of unbranched alkanes of at least 4 members (excludes halogenated alkanes) is 13. The van der Waals surface area contributed by atoms with Crippen LogP contribution in [-0.4, -0.2) is 19.6 Å². The summed E-state index contributed by atoms with van der Waals surface area (Å²) in [5.41, 5.74) is 4.51. The quantitative estimate of drug-likeness (QED) is 0.103. The van der Waals surface area contributed by atoms with Gasteiger partial charge in [-0.05, 0) is 30.7 Å². The molecule has 6 heteroatoms. The van der Waals surface area contributed by atoms with E-state index in [0.29, 0.717) is 23.7 Å². The zero-order chi connectivity index (χ0) is 28.3. The molecule has 1 amide bonds. The molecule has 0 bridgehead atoms. The van der Waals surface area contributed by atoms with Gasteiger partial charge in [0.2, 0.25) is 5.51 Å². The molecule has 5 nitrogen and oxygen atoms in total. The van der Waals surface area contributed by atoms with Crippen molar-refractivity contribution in [1.29, 1.82) is 0 Å². The largest absolute Gasteiger partial charge is 0.493 e. The number of methoxy groups -OCH3 is 1. The van der Waals surface area contributed by atoms with Gasteiger partial charge in [0, 0.05) is 11.3 Å². The van der Waals surface area contributed by atoms with Crippen LogP contribution in [0.15, 0.2) is 59.6 Å². The smallest absolute Gasteiger partial charge is 0.259 e. The summed E-state index contributed by atoms with van der Waals surface area (Å²) in [7, 11) is 1.61. The predicted octanol–water partition coefficient (Wildman–Crippen LogP) is 9.20. The summed E-state index contributed by atoms with van der Waals surface area (Å²) in [5, 5.41) is 5.07. The zero-order valence-electron chi connectivity index (χ0n) is 24.7. The fourth-order valence-electron chi connectivity index (χ4n) is 4.93. The topological polar surface area (TPSA) is 51.4 Å².